The van der Waals surface area contributed by atoms with Crippen LogP contribution in [0.15, 0.2) is 24.3 Å². The molecule has 0 aromatic heterocycles. The third kappa shape index (κ3) is 4.81. The minimum atomic E-state index is -0.0874. The number of carbonyl (C=O) groups excluding carboxylic acids is 2. The largest absolute Gasteiger partial charge is 0.347 e. The van der Waals surface area contributed by atoms with E-state index in [1.165, 1.54) is 4.90 Å². The molecule has 0 saturated carbocycles. The van der Waals surface area contributed by atoms with Gasteiger partial charge >= 0.3 is 0 Å². The monoisotopic (exact) mass is 374 g/mol. The maximum absolute atomic E-state index is 12.4. The van der Waals surface area contributed by atoms with Crippen molar-refractivity contribution in [1.82, 2.24) is 9.80 Å². The fourth-order valence-corrected chi connectivity index (χ4v) is 2.17. The molecule has 1 aromatic rings. The molecule has 0 aliphatic heterocycles. The Labute approximate surface area is 127 Å². The lowest BCUT2D eigenvalue weighted by atomic mass is 10.2. The molecule has 0 bridgehead atoms. The predicted molar refractivity (Wildman–Crippen MR) is 84.0 cm³/mol. The van der Waals surface area contributed by atoms with Crippen LogP contribution in [0.3, 0.4) is 0 Å². The molecule has 1 rings (SSSR count). The second kappa shape index (κ2) is 7.47. The van der Waals surface area contributed by atoms with Gasteiger partial charge in [-0.2, -0.15) is 0 Å². The lowest BCUT2D eigenvalue weighted by molar-refractivity contribution is -0.129. The van der Waals surface area contributed by atoms with Gasteiger partial charge in [-0.15, -0.1) is 0 Å². The summed E-state index contributed by atoms with van der Waals surface area (Å²) in [6.45, 7) is 2.71. The maximum atomic E-state index is 12.4. The van der Waals surface area contributed by atoms with E-state index >= 15 is 0 Å². The van der Waals surface area contributed by atoms with Crippen molar-refractivity contribution < 1.29 is 9.59 Å². The van der Waals surface area contributed by atoms with Gasteiger partial charge in [0.2, 0.25) is 5.91 Å². The minimum Gasteiger partial charge on any atom is -0.347 e. The van der Waals surface area contributed by atoms with E-state index in [-0.39, 0.29) is 18.4 Å². The van der Waals surface area contributed by atoms with Crippen LogP contribution in [0.2, 0.25) is 0 Å². The van der Waals surface area contributed by atoms with Gasteiger partial charge in [0.15, 0.2) is 0 Å². The molecule has 5 heteroatoms. The van der Waals surface area contributed by atoms with Crippen molar-refractivity contribution in [3.63, 3.8) is 0 Å². The normalized spacial score (nSPS) is 10.1. The maximum Gasteiger partial charge on any atom is 0.254 e. The summed E-state index contributed by atoms with van der Waals surface area (Å²) in [5.41, 5.74) is 0.631. The Balaban J connectivity index is 2.86. The van der Waals surface area contributed by atoms with Gasteiger partial charge in [0.1, 0.15) is 6.54 Å². The second-order valence-electron chi connectivity index (χ2n) is 4.53. The molecule has 0 radical (unpaired) electrons. The quantitative estimate of drug-likeness (QED) is 0.742. The Morgan fingerprint density at radius 3 is 2.47 bits per heavy atom. The zero-order valence-electron chi connectivity index (χ0n) is 11.5. The van der Waals surface area contributed by atoms with E-state index in [0.29, 0.717) is 12.1 Å². The summed E-state index contributed by atoms with van der Waals surface area (Å²) < 4.78 is 1.01. The first-order chi connectivity index (χ1) is 8.95. The highest BCUT2D eigenvalue weighted by Gasteiger charge is 2.19. The smallest absolute Gasteiger partial charge is 0.254 e. The minimum absolute atomic E-state index is 0.0626. The van der Waals surface area contributed by atoms with Crippen LogP contribution >= 0.6 is 22.6 Å². The van der Waals surface area contributed by atoms with Gasteiger partial charge in [-0.3, -0.25) is 9.59 Å². The first-order valence-corrected chi connectivity index (χ1v) is 7.28. The Kier molecular flexibility index (Phi) is 6.27. The summed E-state index contributed by atoms with van der Waals surface area (Å²) in [6.07, 6.45) is 0.830. The Hall–Kier alpha value is -1.11. The van der Waals surface area contributed by atoms with Crippen molar-refractivity contribution in [2.75, 3.05) is 27.2 Å². The van der Waals surface area contributed by atoms with Crippen LogP contribution in [-0.2, 0) is 4.79 Å². The number of carbonyl (C=O) groups is 2. The summed E-state index contributed by atoms with van der Waals surface area (Å²) in [5, 5.41) is 0. The molecule has 0 heterocycles. The van der Waals surface area contributed by atoms with E-state index < -0.39 is 0 Å². The van der Waals surface area contributed by atoms with Crippen LogP contribution < -0.4 is 0 Å². The van der Waals surface area contributed by atoms with Crippen molar-refractivity contribution in [1.29, 1.82) is 0 Å². The molecular formula is C14H19IN2O2. The third-order valence-electron chi connectivity index (χ3n) is 2.68. The van der Waals surface area contributed by atoms with Crippen LogP contribution in [0.5, 0.6) is 0 Å². The van der Waals surface area contributed by atoms with Crippen LogP contribution in [0.4, 0.5) is 0 Å². The van der Waals surface area contributed by atoms with Crippen LogP contribution in [0, 0.1) is 3.57 Å². The summed E-state index contributed by atoms with van der Waals surface area (Å²) in [4.78, 5) is 27.3. The molecule has 0 fully saturated rings. The van der Waals surface area contributed by atoms with E-state index in [2.05, 4.69) is 22.6 Å². The van der Waals surface area contributed by atoms with Gasteiger partial charge < -0.3 is 9.80 Å². The molecular weight excluding hydrogens is 355 g/mol. The Morgan fingerprint density at radius 2 is 1.95 bits per heavy atom. The highest BCUT2D eigenvalue weighted by molar-refractivity contribution is 14.1. The SMILES string of the molecule is CCCN(CC(=O)N(C)C)C(=O)c1cccc(I)c1. The highest BCUT2D eigenvalue weighted by atomic mass is 127. The molecule has 104 valence electrons. The molecule has 0 saturated heterocycles. The lowest BCUT2D eigenvalue weighted by Crippen LogP contribution is -2.40. The first kappa shape index (κ1) is 15.9. The standard InChI is InChI=1S/C14H19IN2O2/c1-4-8-17(10-13(18)16(2)3)14(19)11-6-5-7-12(15)9-11/h5-7,9H,4,8,10H2,1-3H3. The van der Waals surface area contributed by atoms with Gasteiger partial charge in [0.05, 0.1) is 0 Å². The van der Waals surface area contributed by atoms with Gasteiger partial charge in [-0.25, -0.2) is 0 Å². The molecule has 0 aliphatic rings. The first-order valence-electron chi connectivity index (χ1n) is 6.20. The van der Waals surface area contributed by atoms with Gasteiger partial charge in [-0.05, 0) is 47.2 Å². The zero-order chi connectivity index (χ0) is 14.4. The topological polar surface area (TPSA) is 40.6 Å². The van der Waals surface area contributed by atoms with E-state index in [4.69, 9.17) is 0 Å². The van der Waals surface area contributed by atoms with E-state index in [1.807, 2.05) is 25.1 Å². The number of rotatable bonds is 5. The average Bonchev–Trinajstić information content (AvgIpc) is 2.37. The number of amides is 2. The van der Waals surface area contributed by atoms with Crippen molar-refractivity contribution >= 4 is 34.4 Å². The predicted octanol–water partition coefficient (Wildman–Crippen LogP) is 2.23. The average molecular weight is 374 g/mol. The Bertz CT molecular complexity index is 461. The fraction of sp³-hybridized carbons (Fsp3) is 0.429. The molecule has 19 heavy (non-hydrogen) atoms. The molecule has 0 unspecified atom stereocenters. The number of hydrogen-bond acceptors (Lipinski definition) is 2. The third-order valence-corrected chi connectivity index (χ3v) is 3.35. The number of halogens is 1. The highest BCUT2D eigenvalue weighted by Crippen LogP contribution is 2.11. The fourth-order valence-electron chi connectivity index (χ4n) is 1.63. The molecule has 0 N–H and O–H groups in total. The van der Waals surface area contributed by atoms with E-state index in [1.54, 1.807) is 25.1 Å². The van der Waals surface area contributed by atoms with Gasteiger partial charge in [0, 0.05) is 29.8 Å². The van der Waals surface area contributed by atoms with E-state index in [9.17, 15) is 9.59 Å². The summed E-state index contributed by atoms with van der Waals surface area (Å²) >= 11 is 2.17. The number of nitrogens with zero attached hydrogens (tertiary/aromatic N) is 2. The molecule has 4 nitrogen and oxygen atoms in total. The van der Waals surface area contributed by atoms with Crippen LogP contribution in [-0.4, -0.2) is 48.8 Å². The summed E-state index contributed by atoms with van der Waals surface area (Å²) in [6, 6.07) is 7.42. The van der Waals surface area contributed by atoms with E-state index in [0.717, 1.165) is 9.99 Å². The van der Waals surface area contributed by atoms with Crippen LogP contribution in [0.1, 0.15) is 23.7 Å². The van der Waals surface area contributed by atoms with Gasteiger partial charge in [-0.1, -0.05) is 13.0 Å². The molecule has 0 aliphatic carbocycles. The van der Waals surface area contributed by atoms with Crippen LogP contribution in [0.25, 0.3) is 0 Å². The summed E-state index contributed by atoms with van der Waals surface area (Å²) in [5.74, 6) is -0.150. The lowest BCUT2D eigenvalue weighted by Gasteiger charge is -2.23. The molecule has 2 amide bonds. The number of benzene rings is 1. The number of likely N-dealkylation sites (N-methyl/N-ethyl adjacent to an activating group) is 1. The van der Waals surface area contributed by atoms with Crippen molar-refractivity contribution in [2.24, 2.45) is 0 Å². The molecule has 0 atom stereocenters. The molecule has 0 spiro atoms. The molecule has 1 aromatic carbocycles. The zero-order valence-corrected chi connectivity index (χ0v) is 13.7. The Morgan fingerprint density at radius 1 is 1.26 bits per heavy atom. The second-order valence-corrected chi connectivity index (χ2v) is 5.77. The van der Waals surface area contributed by atoms with Crippen molar-refractivity contribution in [3.8, 4) is 0 Å². The summed E-state index contributed by atoms with van der Waals surface area (Å²) in [7, 11) is 3.39. The van der Waals surface area contributed by atoms with Crippen molar-refractivity contribution in [2.45, 2.75) is 13.3 Å². The van der Waals surface area contributed by atoms with Gasteiger partial charge in [0.25, 0.3) is 5.91 Å². The van der Waals surface area contributed by atoms with Crippen molar-refractivity contribution in [3.05, 3.63) is 33.4 Å². The number of hydrogen-bond donors (Lipinski definition) is 0.